The number of nitrogens with zero attached hydrogens (tertiary/aromatic N) is 2. The smallest absolute Gasteiger partial charge is 0.322 e. The number of aliphatic hydroxyl groups excluding tert-OH is 1. The molecule has 1 aromatic carbocycles. The molecule has 1 fully saturated rings. The lowest BCUT2D eigenvalue weighted by Gasteiger charge is -2.21. The summed E-state index contributed by atoms with van der Waals surface area (Å²) in [7, 11) is 0. The minimum atomic E-state index is -0.252. The summed E-state index contributed by atoms with van der Waals surface area (Å²) in [6.45, 7) is 0.262. The number of nitrogens with one attached hydrogen (secondary N) is 1. The van der Waals surface area contributed by atoms with Crippen LogP contribution in [0.15, 0.2) is 18.2 Å². The number of amides is 2. The highest BCUT2D eigenvalue weighted by atomic mass is 35.5. The number of benzene rings is 1. The van der Waals surface area contributed by atoms with E-state index in [1.807, 2.05) is 6.07 Å². The van der Waals surface area contributed by atoms with Gasteiger partial charge in [-0.05, 0) is 31.0 Å². The zero-order valence-corrected chi connectivity index (χ0v) is 11.0. The molecule has 0 heterocycles. The van der Waals surface area contributed by atoms with Gasteiger partial charge in [-0.2, -0.15) is 5.26 Å². The van der Waals surface area contributed by atoms with Crippen molar-refractivity contribution in [3.05, 3.63) is 28.8 Å². The number of aliphatic hydroxyl groups is 1. The number of urea groups is 1. The number of nitriles is 1. The van der Waals surface area contributed by atoms with Gasteiger partial charge in [0.15, 0.2) is 0 Å². The zero-order valence-electron chi connectivity index (χ0n) is 10.3. The number of anilines is 1. The van der Waals surface area contributed by atoms with Crippen LogP contribution < -0.4 is 5.32 Å². The van der Waals surface area contributed by atoms with E-state index >= 15 is 0 Å². The molecule has 6 heteroatoms. The van der Waals surface area contributed by atoms with E-state index in [4.69, 9.17) is 22.0 Å². The summed E-state index contributed by atoms with van der Waals surface area (Å²) in [6, 6.07) is 6.67. The Balaban J connectivity index is 2.05. The minimum Gasteiger partial charge on any atom is -0.395 e. The van der Waals surface area contributed by atoms with E-state index in [9.17, 15) is 4.79 Å². The Morgan fingerprint density at radius 2 is 2.32 bits per heavy atom. The average molecular weight is 280 g/mol. The molecule has 100 valence electrons. The molecule has 1 aliphatic carbocycles. The third kappa shape index (κ3) is 3.37. The van der Waals surface area contributed by atoms with E-state index in [1.54, 1.807) is 23.1 Å². The predicted octanol–water partition coefficient (Wildman–Crippen LogP) is 2.20. The molecule has 0 saturated heterocycles. The van der Waals surface area contributed by atoms with Gasteiger partial charge in [-0.15, -0.1) is 0 Å². The summed E-state index contributed by atoms with van der Waals surface area (Å²) in [6.07, 6.45) is 1.95. The van der Waals surface area contributed by atoms with Crippen LogP contribution in [-0.4, -0.2) is 35.2 Å². The van der Waals surface area contributed by atoms with E-state index in [0.29, 0.717) is 22.8 Å². The minimum absolute atomic E-state index is 0.0575. The fourth-order valence-corrected chi connectivity index (χ4v) is 2.05. The molecular formula is C13H14ClN3O2. The quantitative estimate of drug-likeness (QED) is 0.887. The summed E-state index contributed by atoms with van der Waals surface area (Å²) >= 11 is 5.90. The first-order valence-electron chi connectivity index (χ1n) is 6.04. The van der Waals surface area contributed by atoms with E-state index in [2.05, 4.69) is 5.32 Å². The molecule has 2 amide bonds. The molecule has 0 unspecified atom stereocenters. The van der Waals surface area contributed by atoms with Crippen LogP contribution in [0.5, 0.6) is 0 Å². The fourth-order valence-electron chi connectivity index (χ4n) is 1.82. The van der Waals surface area contributed by atoms with E-state index in [1.165, 1.54) is 0 Å². The lowest BCUT2D eigenvalue weighted by molar-refractivity contribution is 0.185. The van der Waals surface area contributed by atoms with Crippen molar-refractivity contribution in [1.29, 1.82) is 5.26 Å². The molecule has 19 heavy (non-hydrogen) atoms. The molecule has 1 saturated carbocycles. The average Bonchev–Trinajstić information content (AvgIpc) is 3.20. The van der Waals surface area contributed by atoms with E-state index in [0.717, 1.165) is 12.8 Å². The molecule has 0 aliphatic heterocycles. The molecule has 5 nitrogen and oxygen atoms in total. The maximum atomic E-state index is 12.0. The monoisotopic (exact) mass is 279 g/mol. The highest BCUT2D eigenvalue weighted by molar-refractivity contribution is 6.32. The van der Waals surface area contributed by atoms with Crippen molar-refractivity contribution in [3.63, 3.8) is 0 Å². The molecule has 2 N–H and O–H groups in total. The standard InChI is InChI=1S/C13H14ClN3O2/c14-12-7-10(2-1-9(12)8-15)16-13(19)17(5-6-18)11-3-4-11/h1-2,7,11,18H,3-6H2,(H,16,19). The Morgan fingerprint density at radius 3 is 2.84 bits per heavy atom. The number of carbonyl (C=O) groups is 1. The molecule has 0 aromatic heterocycles. The van der Waals surface area contributed by atoms with Crippen LogP contribution >= 0.6 is 11.6 Å². The molecule has 1 aromatic rings. The van der Waals surface area contributed by atoms with Gasteiger partial charge in [0.1, 0.15) is 6.07 Å². The number of rotatable bonds is 4. The number of halogens is 1. The maximum Gasteiger partial charge on any atom is 0.322 e. The topological polar surface area (TPSA) is 76.4 Å². The number of hydrogen-bond acceptors (Lipinski definition) is 3. The zero-order chi connectivity index (χ0) is 13.8. The summed E-state index contributed by atoms with van der Waals surface area (Å²) in [5.74, 6) is 0. The molecule has 0 bridgehead atoms. The second-order valence-electron chi connectivity index (χ2n) is 4.38. The molecule has 2 rings (SSSR count). The third-order valence-corrected chi connectivity index (χ3v) is 3.24. The molecule has 0 radical (unpaired) electrons. The summed E-state index contributed by atoms with van der Waals surface area (Å²) < 4.78 is 0. The summed E-state index contributed by atoms with van der Waals surface area (Å²) in [5, 5.41) is 20.8. The second-order valence-corrected chi connectivity index (χ2v) is 4.79. The van der Waals surface area contributed by atoms with Gasteiger partial charge in [-0.25, -0.2) is 4.79 Å². The van der Waals surface area contributed by atoms with Crippen LogP contribution in [0.25, 0.3) is 0 Å². The largest absolute Gasteiger partial charge is 0.395 e. The second kappa shape index (κ2) is 5.91. The molecule has 0 atom stereocenters. The van der Waals surface area contributed by atoms with Gasteiger partial charge < -0.3 is 15.3 Å². The maximum absolute atomic E-state index is 12.0. The van der Waals surface area contributed by atoms with Crippen LogP contribution in [0.4, 0.5) is 10.5 Å². The Bertz CT molecular complexity index is 523. The Labute approximate surface area is 116 Å². The van der Waals surface area contributed by atoms with Gasteiger partial charge in [0.05, 0.1) is 17.2 Å². The van der Waals surface area contributed by atoms with Gasteiger partial charge in [0.25, 0.3) is 0 Å². The van der Waals surface area contributed by atoms with Crippen molar-refractivity contribution in [3.8, 4) is 6.07 Å². The fraction of sp³-hybridized carbons (Fsp3) is 0.385. The molecule has 0 spiro atoms. The highest BCUT2D eigenvalue weighted by Crippen LogP contribution is 2.27. The van der Waals surface area contributed by atoms with E-state index < -0.39 is 0 Å². The van der Waals surface area contributed by atoms with Gasteiger partial charge in [-0.3, -0.25) is 0 Å². The van der Waals surface area contributed by atoms with Crippen molar-refractivity contribution in [1.82, 2.24) is 4.90 Å². The predicted molar refractivity (Wildman–Crippen MR) is 72.0 cm³/mol. The van der Waals surface area contributed by atoms with Crippen molar-refractivity contribution in [2.24, 2.45) is 0 Å². The van der Waals surface area contributed by atoms with Crippen LogP contribution in [0, 0.1) is 11.3 Å². The van der Waals surface area contributed by atoms with Crippen LogP contribution in [0.3, 0.4) is 0 Å². The first kappa shape index (κ1) is 13.7. The van der Waals surface area contributed by atoms with Gasteiger partial charge >= 0.3 is 6.03 Å². The van der Waals surface area contributed by atoms with Gasteiger partial charge in [-0.1, -0.05) is 11.6 Å². The van der Waals surface area contributed by atoms with Gasteiger partial charge in [0, 0.05) is 18.3 Å². The lowest BCUT2D eigenvalue weighted by atomic mass is 10.2. The first-order chi connectivity index (χ1) is 9.15. The van der Waals surface area contributed by atoms with Crippen molar-refractivity contribution >= 4 is 23.3 Å². The van der Waals surface area contributed by atoms with Crippen LogP contribution in [0.2, 0.25) is 5.02 Å². The van der Waals surface area contributed by atoms with E-state index in [-0.39, 0.29) is 18.7 Å². The number of hydrogen-bond donors (Lipinski definition) is 2. The van der Waals surface area contributed by atoms with Crippen molar-refractivity contribution in [2.45, 2.75) is 18.9 Å². The lowest BCUT2D eigenvalue weighted by Crippen LogP contribution is -2.38. The first-order valence-corrected chi connectivity index (χ1v) is 6.41. The summed E-state index contributed by atoms with van der Waals surface area (Å²) in [5.41, 5.74) is 0.909. The van der Waals surface area contributed by atoms with Crippen molar-refractivity contribution in [2.75, 3.05) is 18.5 Å². The SMILES string of the molecule is N#Cc1ccc(NC(=O)N(CCO)C2CC2)cc1Cl. The normalized spacial score (nSPS) is 13.7. The summed E-state index contributed by atoms with van der Waals surface area (Å²) in [4.78, 5) is 13.7. The Kier molecular flexibility index (Phi) is 4.25. The molecular weight excluding hydrogens is 266 g/mol. The Hall–Kier alpha value is -1.77. The Morgan fingerprint density at radius 1 is 1.58 bits per heavy atom. The van der Waals surface area contributed by atoms with Crippen LogP contribution in [0.1, 0.15) is 18.4 Å². The van der Waals surface area contributed by atoms with Crippen molar-refractivity contribution < 1.29 is 9.90 Å². The number of carbonyl (C=O) groups excluding carboxylic acids is 1. The van der Waals surface area contributed by atoms with Gasteiger partial charge in [0.2, 0.25) is 0 Å². The third-order valence-electron chi connectivity index (χ3n) is 2.93. The van der Waals surface area contributed by atoms with Crippen LogP contribution in [-0.2, 0) is 0 Å². The highest BCUT2D eigenvalue weighted by Gasteiger charge is 2.32. The molecule has 1 aliphatic rings.